The van der Waals surface area contributed by atoms with Crippen LogP contribution in [0.3, 0.4) is 0 Å². The van der Waals surface area contributed by atoms with Crippen LogP contribution < -0.4 is 15.2 Å². The van der Waals surface area contributed by atoms with Crippen LogP contribution in [0.2, 0.25) is 0 Å². The van der Waals surface area contributed by atoms with Crippen LogP contribution in [0.15, 0.2) is 36.8 Å². The molecule has 1 aliphatic carbocycles. The zero-order chi connectivity index (χ0) is 20.4. The highest BCUT2D eigenvalue weighted by Crippen LogP contribution is 2.47. The number of hydrogen-bond acceptors (Lipinski definition) is 8. The van der Waals surface area contributed by atoms with Crippen molar-refractivity contribution in [2.45, 2.75) is 19.3 Å². The summed E-state index contributed by atoms with van der Waals surface area (Å²) in [5.41, 5.74) is 8.41. The van der Waals surface area contributed by atoms with Gasteiger partial charge < -0.3 is 15.2 Å². The Balaban J connectivity index is 1.52. The molecule has 2 atom stereocenters. The highest BCUT2D eigenvalue weighted by atomic mass is 16.5. The van der Waals surface area contributed by atoms with Crippen LogP contribution in [-0.2, 0) is 0 Å². The number of nitrogens with zero attached hydrogens (tertiary/aromatic N) is 5. The van der Waals surface area contributed by atoms with E-state index in [1.54, 1.807) is 38.7 Å². The fourth-order valence-electron chi connectivity index (χ4n) is 3.28. The molecule has 4 rings (SSSR count). The van der Waals surface area contributed by atoms with Gasteiger partial charge >= 0.3 is 0 Å². The summed E-state index contributed by atoms with van der Waals surface area (Å²) in [4.78, 5) is 17.1. The number of aryl methyl sites for hydroxylation is 1. The summed E-state index contributed by atoms with van der Waals surface area (Å²) in [5, 5.41) is 9.46. The van der Waals surface area contributed by atoms with E-state index in [0.717, 1.165) is 17.9 Å². The van der Waals surface area contributed by atoms with Crippen LogP contribution in [0.4, 0.5) is 5.82 Å². The molecule has 29 heavy (non-hydrogen) atoms. The third-order valence-corrected chi connectivity index (χ3v) is 4.99. The number of ether oxygens (including phenoxy) is 2. The Hall–Kier alpha value is -3.73. The number of anilines is 1. The van der Waals surface area contributed by atoms with Crippen LogP contribution in [0.25, 0.3) is 11.1 Å². The summed E-state index contributed by atoms with van der Waals surface area (Å²) in [5.74, 6) is 2.66. The largest absolute Gasteiger partial charge is 0.495 e. The van der Waals surface area contributed by atoms with Gasteiger partial charge in [-0.2, -0.15) is 10.2 Å². The van der Waals surface area contributed by atoms with E-state index in [9.17, 15) is 5.26 Å². The summed E-state index contributed by atoms with van der Waals surface area (Å²) in [6, 6.07) is 7.73. The Morgan fingerprint density at radius 2 is 2.03 bits per heavy atom. The number of pyridine rings is 2. The number of nitrogen functional groups attached to an aromatic ring is 1. The first-order valence-corrected chi connectivity index (χ1v) is 9.22. The first-order valence-electron chi connectivity index (χ1n) is 9.22. The molecule has 0 saturated heterocycles. The Labute approximate surface area is 168 Å². The zero-order valence-electron chi connectivity index (χ0n) is 16.2. The topological polar surface area (TPSA) is 120 Å². The average molecular weight is 388 g/mol. The second-order valence-electron chi connectivity index (χ2n) is 6.90. The molecule has 2 N–H and O–H groups in total. The van der Waals surface area contributed by atoms with Crippen molar-refractivity contribution in [3.05, 3.63) is 53.9 Å². The molecule has 0 aromatic carbocycles. The SMILES string of the molecule is COc1ccc([C@H]2C[C@@H]2COc2nc(C)ncc2-c2ccnc(N)c2C#N)nc1. The van der Waals surface area contributed by atoms with Crippen molar-refractivity contribution >= 4 is 5.82 Å². The van der Waals surface area contributed by atoms with Crippen LogP contribution in [0.5, 0.6) is 11.6 Å². The fraction of sp³-hybridized carbons (Fsp3) is 0.286. The lowest BCUT2D eigenvalue weighted by molar-refractivity contribution is 0.285. The standard InChI is InChI=1S/C21H20N6O2/c1-12-25-10-18(15-5-6-24-20(23)17(15)8-22)21(27-12)29-11-13-7-16(13)19-4-3-14(28-2)9-26-19/h3-6,9-10,13,16H,7,11H2,1-2H3,(H2,23,24)/t13-,16+/m1/s1. The van der Waals surface area contributed by atoms with Crippen molar-refractivity contribution in [1.82, 2.24) is 19.9 Å². The Bertz CT molecular complexity index is 1080. The molecule has 1 saturated carbocycles. The molecule has 0 bridgehead atoms. The van der Waals surface area contributed by atoms with E-state index < -0.39 is 0 Å². The van der Waals surface area contributed by atoms with Gasteiger partial charge in [0.1, 0.15) is 29.0 Å². The van der Waals surface area contributed by atoms with Crippen molar-refractivity contribution < 1.29 is 9.47 Å². The Morgan fingerprint density at radius 1 is 1.17 bits per heavy atom. The van der Waals surface area contributed by atoms with E-state index in [2.05, 4.69) is 26.0 Å². The van der Waals surface area contributed by atoms with Gasteiger partial charge in [0.25, 0.3) is 0 Å². The first-order chi connectivity index (χ1) is 14.1. The van der Waals surface area contributed by atoms with Gasteiger partial charge in [0.05, 0.1) is 25.5 Å². The monoisotopic (exact) mass is 388 g/mol. The molecule has 3 aromatic heterocycles. The van der Waals surface area contributed by atoms with Gasteiger partial charge in [0.15, 0.2) is 0 Å². The van der Waals surface area contributed by atoms with Gasteiger partial charge in [-0.1, -0.05) is 0 Å². The molecule has 0 aliphatic heterocycles. The lowest BCUT2D eigenvalue weighted by atomic mass is 10.0. The van der Waals surface area contributed by atoms with Crippen LogP contribution in [0.1, 0.15) is 29.4 Å². The number of nitrogens with two attached hydrogens (primary N) is 1. The van der Waals surface area contributed by atoms with Gasteiger partial charge in [0.2, 0.25) is 5.88 Å². The Kier molecular flexibility index (Phi) is 4.96. The maximum Gasteiger partial charge on any atom is 0.224 e. The molecule has 8 nitrogen and oxygen atoms in total. The maximum absolute atomic E-state index is 9.46. The van der Waals surface area contributed by atoms with Crippen LogP contribution in [-0.4, -0.2) is 33.7 Å². The average Bonchev–Trinajstić information content (AvgIpc) is 3.52. The molecule has 146 valence electrons. The van der Waals surface area contributed by atoms with Gasteiger partial charge in [-0.3, -0.25) is 4.98 Å². The predicted octanol–water partition coefficient (Wildman–Crippen LogP) is 2.89. The number of hydrogen-bond donors (Lipinski definition) is 1. The second kappa shape index (κ2) is 7.72. The van der Waals surface area contributed by atoms with E-state index >= 15 is 0 Å². The zero-order valence-corrected chi connectivity index (χ0v) is 16.2. The summed E-state index contributed by atoms with van der Waals surface area (Å²) in [7, 11) is 1.62. The molecule has 0 spiro atoms. The molecular weight excluding hydrogens is 368 g/mol. The van der Waals surface area contributed by atoms with E-state index in [1.807, 2.05) is 12.1 Å². The van der Waals surface area contributed by atoms with Gasteiger partial charge in [-0.15, -0.1) is 0 Å². The molecule has 1 fully saturated rings. The lowest BCUT2D eigenvalue weighted by Gasteiger charge is -2.12. The third-order valence-electron chi connectivity index (χ3n) is 4.99. The fourth-order valence-corrected chi connectivity index (χ4v) is 3.28. The minimum absolute atomic E-state index is 0.171. The normalized spacial score (nSPS) is 17.4. The maximum atomic E-state index is 9.46. The summed E-state index contributed by atoms with van der Waals surface area (Å²) < 4.78 is 11.2. The van der Waals surface area contributed by atoms with E-state index in [1.165, 1.54) is 0 Å². The van der Waals surface area contributed by atoms with E-state index in [4.69, 9.17) is 15.2 Å². The molecule has 3 aromatic rings. The van der Waals surface area contributed by atoms with Gasteiger partial charge in [-0.25, -0.2) is 9.97 Å². The quantitative estimate of drug-likeness (QED) is 0.684. The van der Waals surface area contributed by atoms with Crippen LogP contribution >= 0.6 is 0 Å². The summed E-state index contributed by atoms with van der Waals surface area (Å²) in [6.45, 7) is 2.30. The van der Waals surface area contributed by atoms with Crippen molar-refractivity contribution in [2.75, 3.05) is 19.5 Å². The highest BCUT2D eigenvalue weighted by molar-refractivity contribution is 5.77. The molecule has 0 amide bonds. The van der Waals surface area contributed by atoms with E-state index in [0.29, 0.717) is 41.3 Å². The number of methoxy groups -OCH3 is 1. The molecule has 3 heterocycles. The second-order valence-corrected chi connectivity index (χ2v) is 6.90. The molecule has 8 heteroatoms. The first kappa shape index (κ1) is 18.6. The minimum Gasteiger partial charge on any atom is -0.495 e. The van der Waals surface area contributed by atoms with Crippen molar-refractivity contribution in [3.8, 4) is 28.8 Å². The summed E-state index contributed by atoms with van der Waals surface area (Å²) in [6.07, 6.45) is 5.95. The molecule has 1 aliphatic rings. The smallest absolute Gasteiger partial charge is 0.224 e. The molecule has 0 unspecified atom stereocenters. The van der Waals surface area contributed by atoms with E-state index in [-0.39, 0.29) is 11.4 Å². The minimum atomic E-state index is 0.171. The van der Waals surface area contributed by atoms with Crippen molar-refractivity contribution in [3.63, 3.8) is 0 Å². The highest BCUT2D eigenvalue weighted by Gasteiger charge is 2.40. The number of aromatic nitrogens is 4. The Morgan fingerprint density at radius 3 is 2.76 bits per heavy atom. The lowest BCUT2D eigenvalue weighted by Crippen LogP contribution is -2.06. The van der Waals surface area contributed by atoms with Gasteiger partial charge in [-0.05, 0) is 31.5 Å². The third kappa shape index (κ3) is 3.80. The number of rotatable bonds is 6. The van der Waals surface area contributed by atoms with Crippen molar-refractivity contribution in [1.29, 1.82) is 5.26 Å². The predicted molar refractivity (Wildman–Crippen MR) is 106 cm³/mol. The molecular formula is C21H20N6O2. The number of nitriles is 1. The van der Waals surface area contributed by atoms with Crippen molar-refractivity contribution in [2.24, 2.45) is 5.92 Å². The van der Waals surface area contributed by atoms with Crippen LogP contribution in [0, 0.1) is 24.2 Å². The molecule has 0 radical (unpaired) electrons. The summed E-state index contributed by atoms with van der Waals surface area (Å²) >= 11 is 0. The van der Waals surface area contributed by atoms with Gasteiger partial charge in [0, 0.05) is 35.5 Å².